The van der Waals surface area contributed by atoms with Gasteiger partial charge in [-0.05, 0) is 36.2 Å². The number of thioether (sulfide) groups is 1. The van der Waals surface area contributed by atoms with Crippen molar-refractivity contribution in [1.82, 2.24) is 20.1 Å². The molecule has 3 aromatic carbocycles. The molecule has 0 radical (unpaired) electrons. The highest BCUT2D eigenvalue weighted by molar-refractivity contribution is 7.99. The molecule has 0 unspecified atom stereocenters. The summed E-state index contributed by atoms with van der Waals surface area (Å²) in [6.45, 7) is 0. The number of alkyl halides is 3. The van der Waals surface area contributed by atoms with Gasteiger partial charge < -0.3 is 5.32 Å². The molecule has 5 nitrogen and oxygen atoms in total. The van der Waals surface area contributed by atoms with E-state index in [1.54, 1.807) is 36.0 Å². The highest BCUT2D eigenvalue weighted by Gasteiger charge is 2.31. The summed E-state index contributed by atoms with van der Waals surface area (Å²) >= 11 is 1.74. The molecule has 5 rings (SSSR count). The van der Waals surface area contributed by atoms with Gasteiger partial charge in [0.1, 0.15) is 0 Å². The number of hydrogen-bond donors (Lipinski definition) is 1. The lowest BCUT2D eigenvalue weighted by atomic mass is 10.0. The van der Waals surface area contributed by atoms with Crippen LogP contribution < -0.4 is 5.32 Å². The lowest BCUT2D eigenvalue weighted by Gasteiger charge is -2.25. The number of aromatic nitrogens is 3. The summed E-state index contributed by atoms with van der Waals surface area (Å²) < 4.78 is 41.2. The van der Waals surface area contributed by atoms with Crippen LogP contribution in [-0.2, 0) is 6.18 Å². The highest BCUT2D eigenvalue weighted by atomic mass is 32.2. The standard InChI is InChI=1S/C25H19F3N4OS/c26-25(27,28)17-9-6-10-18(15-17)32-23(16-7-2-1-3-8-16)30-22(31-32)24(33)29-20-13-14-34-21-12-5-4-11-19(20)21/h1-12,15,20H,13-14H2,(H,29,33)/t20-/m0/s1. The Morgan fingerprint density at radius 3 is 2.56 bits per heavy atom. The molecule has 1 aliphatic heterocycles. The SMILES string of the molecule is O=C(N[C@H]1CCSc2ccccc21)c1nc(-c2ccccc2)n(-c2cccc(C(F)(F)F)c2)n1. The van der Waals surface area contributed by atoms with Crippen molar-refractivity contribution in [3.05, 3.63) is 95.8 Å². The van der Waals surface area contributed by atoms with Crippen LogP contribution >= 0.6 is 11.8 Å². The van der Waals surface area contributed by atoms with Crippen molar-refractivity contribution < 1.29 is 18.0 Å². The van der Waals surface area contributed by atoms with Crippen LogP contribution in [-0.4, -0.2) is 26.4 Å². The van der Waals surface area contributed by atoms with Crippen molar-refractivity contribution >= 4 is 17.7 Å². The average Bonchev–Trinajstić information content (AvgIpc) is 3.30. The fourth-order valence-corrected chi connectivity index (χ4v) is 5.02. The summed E-state index contributed by atoms with van der Waals surface area (Å²) in [5.41, 5.74) is 1.03. The zero-order chi connectivity index (χ0) is 23.7. The zero-order valence-electron chi connectivity index (χ0n) is 17.8. The van der Waals surface area contributed by atoms with Gasteiger partial charge >= 0.3 is 6.18 Å². The lowest BCUT2D eigenvalue weighted by Crippen LogP contribution is -2.31. The van der Waals surface area contributed by atoms with Gasteiger partial charge in [-0.3, -0.25) is 4.79 Å². The van der Waals surface area contributed by atoms with E-state index in [1.165, 1.54) is 16.8 Å². The Balaban J connectivity index is 1.53. The van der Waals surface area contributed by atoms with Crippen molar-refractivity contribution in [2.45, 2.75) is 23.5 Å². The second kappa shape index (κ2) is 8.98. The summed E-state index contributed by atoms with van der Waals surface area (Å²) in [5.74, 6) is 0.565. The van der Waals surface area contributed by atoms with Gasteiger partial charge in [-0.15, -0.1) is 16.9 Å². The molecule has 1 aromatic heterocycles. The van der Waals surface area contributed by atoms with E-state index in [4.69, 9.17) is 0 Å². The van der Waals surface area contributed by atoms with Crippen LogP contribution in [0.5, 0.6) is 0 Å². The Labute approximate surface area is 198 Å². The molecule has 0 bridgehead atoms. The van der Waals surface area contributed by atoms with Crippen molar-refractivity contribution in [1.29, 1.82) is 0 Å². The minimum atomic E-state index is -4.50. The minimum Gasteiger partial charge on any atom is -0.342 e. The minimum absolute atomic E-state index is 0.105. The summed E-state index contributed by atoms with van der Waals surface area (Å²) in [6, 6.07) is 21.4. The summed E-state index contributed by atoms with van der Waals surface area (Å²) in [5, 5.41) is 7.32. The Kier molecular flexibility index (Phi) is 5.87. The first-order valence-corrected chi connectivity index (χ1v) is 11.6. The summed E-state index contributed by atoms with van der Waals surface area (Å²) in [7, 11) is 0. The molecule has 9 heteroatoms. The molecule has 2 heterocycles. The van der Waals surface area contributed by atoms with E-state index in [0.29, 0.717) is 5.56 Å². The summed E-state index contributed by atoms with van der Waals surface area (Å²) in [6.07, 6.45) is -3.75. The fourth-order valence-electron chi connectivity index (χ4n) is 3.89. The molecular weight excluding hydrogens is 461 g/mol. The van der Waals surface area contributed by atoms with Crippen molar-refractivity contribution in [2.75, 3.05) is 5.75 Å². The quantitative estimate of drug-likeness (QED) is 0.394. The maximum absolute atomic E-state index is 13.3. The van der Waals surface area contributed by atoms with E-state index in [9.17, 15) is 18.0 Å². The van der Waals surface area contributed by atoms with Gasteiger partial charge in [-0.2, -0.15) is 13.2 Å². The van der Waals surface area contributed by atoms with Crippen LogP contribution in [0.2, 0.25) is 0 Å². The molecule has 1 atom stereocenters. The third-order valence-electron chi connectivity index (χ3n) is 5.52. The van der Waals surface area contributed by atoms with Crippen LogP contribution in [0.25, 0.3) is 17.1 Å². The number of rotatable bonds is 4. The maximum Gasteiger partial charge on any atom is 0.416 e. The van der Waals surface area contributed by atoms with Gasteiger partial charge in [0.25, 0.3) is 5.91 Å². The molecule has 34 heavy (non-hydrogen) atoms. The highest BCUT2D eigenvalue weighted by Crippen LogP contribution is 2.36. The lowest BCUT2D eigenvalue weighted by molar-refractivity contribution is -0.137. The normalized spacial score (nSPS) is 15.6. The van der Waals surface area contributed by atoms with E-state index in [1.807, 2.05) is 30.3 Å². The van der Waals surface area contributed by atoms with Crippen LogP contribution in [0, 0.1) is 0 Å². The van der Waals surface area contributed by atoms with Gasteiger partial charge in [0, 0.05) is 16.2 Å². The number of amides is 1. The average molecular weight is 481 g/mol. The van der Waals surface area contributed by atoms with Crippen LogP contribution in [0.4, 0.5) is 13.2 Å². The topological polar surface area (TPSA) is 59.8 Å². The Morgan fingerprint density at radius 1 is 1.00 bits per heavy atom. The first-order valence-electron chi connectivity index (χ1n) is 10.6. The summed E-state index contributed by atoms with van der Waals surface area (Å²) in [4.78, 5) is 18.7. The molecule has 0 spiro atoms. The van der Waals surface area contributed by atoms with E-state index < -0.39 is 17.6 Å². The predicted octanol–water partition coefficient (Wildman–Crippen LogP) is 5.92. The predicted molar refractivity (Wildman–Crippen MR) is 124 cm³/mol. The van der Waals surface area contributed by atoms with E-state index in [2.05, 4.69) is 15.4 Å². The number of carbonyl (C=O) groups is 1. The van der Waals surface area contributed by atoms with E-state index in [-0.39, 0.29) is 23.4 Å². The first kappa shape index (κ1) is 22.2. The molecule has 0 saturated heterocycles. The smallest absolute Gasteiger partial charge is 0.342 e. The molecule has 4 aromatic rings. The molecule has 0 aliphatic carbocycles. The number of nitrogens with zero attached hydrogens (tertiary/aromatic N) is 3. The van der Waals surface area contributed by atoms with Gasteiger partial charge in [-0.1, -0.05) is 54.6 Å². The molecular formula is C25H19F3N4OS. The largest absolute Gasteiger partial charge is 0.416 e. The molecule has 1 amide bonds. The third-order valence-corrected chi connectivity index (χ3v) is 6.65. The van der Waals surface area contributed by atoms with Crippen molar-refractivity contribution in [3.8, 4) is 17.1 Å². The third kappa shape index (κ3) is 4.43. The van der Waals surface area contributed by atoms with Gasteiger partial charge in [0.05, 0.1) is 17.3 Å². The van der Waals surface area contributed by atoms with Crippen LogP contribution in [0.1, 0.15) is 34.2 Å². The molecule has 0 fully saturated rings. The Bertz CT molecular complexity index is 1340. The number of carbonyl (C=O) groups excluding carboxylic acids is 1. The monoisotopic (exact) mass is 480 g/mol. The van der Waals surface area contributed by atoms with Crippen LogP contribution in [0.15, 0.2) is 83.8 Å². The number of hydrogen-bond acceptors (Lipinski definition) is 4. The van der Waals surface area contributed by atoms with E-state index in [0.717, 1.165) is 34.8 Å². The fraction of sp³-hybridized carbons (Fsp3) is 0.160. The van der Waals surface area contributed by atoms with Gasteiger partial charge in [-0.25, -0.2) is 9.67 Å². The van der Waals surface area contributed by atoms with E-state index >= 15 is 0 Å². The first-order chi connectivity index (χ1) is 16.4. The van der Waals surface area contributed by atoms with Crippen molar-refractivity contribution in [3.63, 3.8) is 0 Å². The molecule has 172 valence electrons. The molecule has 0 saturated carbocycles. The van der Waals surface area contributed by atoms with Crippen molar-refractivity contribution in [2.24, 2.45) is 0 Å². The number of benzene rings is 3. The van der Waals surface area contributed by atoms with Crippen LogP contribution in [0.3, 0.4) is 0 Å². The number of nitrogens with one attached hydrogen (secondary N) is 1. The number of halogens is 3. The Morgan fingerprint density at radius 2 is 1.76 bits per heavy atom. The molecule has 1 aliphatic rings. The number of fused-ring (bicyclic) bond motifs is 1. The second-order valence-corrected chi connectivity index (χ2v) is 8.92. The zero-order valence-corrected chi connectivity index (χ0v) is 18.6. The maximum atomic E-state index is 13.3. The van der Waals surface area contributed by atoms with Gasteiger partial charge in [0.2, 0.25) is 5.82 Å². The Hall–Kier alpha value is -3.59. The second-order valence-electron chi connectivity index (χ2n) is 7.79. The molecule has 1 N–H and O–H groups in total. The van der Waals surface area contributed by atoms with Gasteiger partial charge in [0.15, 0.2) is 5.82 Å².